The highest BCUT2D eigenvalue weighted by Gasteiger charge is 2.23. The molecule has 0 bridgehead atoms. The Morgan fingerprint density at radius 1 is 0.508 bits per heavy atom. The van der Waals surface area contributed by atoms with Crippen molar-refractivity contribution in [1.29, 1.82) is 0 Å². The van der Waals surface area contributed by atoms with Crippen LogP contribution in [0.1, 0.15) is 213 Å². The fourth-order valence-electron chi connectivity index (χ4n) is 7.05. The van der Waals surface area contributed by atoms with Gasteiger partial charge in [-0.25, -0.2) is 0 Å². The zero-order chi connectivity index (χ0) is 45.9. The van der Waals surface area contributed by atoms with E-state index in [2.05, 4.69) is 123 Å². The molecule has 0 aliphatic heterocycles. The lowest BCUT2D eigenvalue weighted by Crippen LogP contribution is -2.46. The number of rotatable bonds is 44. The lowest BCUT2D eigenvalue weighted by atomic mass is 10.0. The Morgan fingerprint density at radius 3 is 1.46 bits per heavy atom. The number of unbranched alkanes of at least 4 members (excludes halogenated alkanes) is 18. The van der Waals surface area contributed by atoms with Gasteiger partial charge in [0.1, 0.15) is 6.10 Å². The third-order valence-corrected chi connectivity index (χ3v) is 10.9. The molecule has 0 radical (unpaired) electrons. The summed E-state index contributed by atoms with van der Waals surface area (Å²) in [6.07, 6.45) is 67.3. The summed E-state index contributed by atoms with van der Waals surface area (Å²) in [5.41, 5.74) is 0. The van der Waals surface area contributed by atoms with Crippen LogP contribution in [0, 0.1) is 0 Å². The third kappa shape index (κ3) is 44.9. The fourth-order valence-corrected chi connectivity index (χ4v) is 7.05. The maximum atomic E-state index is 13.2. The molecule has 6 nitrogen and oxygen atoms in total. The number of carbonyl (C=O) groups is 2. The first-order chi connectivity index (χ1) is 31.0. The molecule has 0 aliphatic rings. The van der Waals surface area contributed by atoms with E-state index in [1.807, 2.05) is 12.2 Å². The summed E-state index contributed by atoms with van der Waals surface area (Å²) in [7, 11) is 0. The maximum Gasteiger partial charge on any atom is 0.306 e. The van der Waals surface area contributed by atoms with Gasteiger partial charge in [0.25, 0.3) is 0 Å². The third-order valence-electron chi connectivity index (χ3n) is 10.9. The number of aliphatic hydroxyl groups is 2. The molecule has 63 heavy (non-hydrogen) atoms. The van der Waals surface area contributed by atoms with Crippen molar-refractivity contribution in [3.63, 3.8) is 0 Å². The van der Waals surface area contributed by atoms with Crippen molar-refractivity contribution in [2.24, 2.45) is 0 Å². The second-order valence-electron chi connectivity index (χ2n) is 16.9. The van der Waals surface area contributed by atoms with Crippen LogP contribution >= 0.6 is 0 Å². The first kappa shape index (κ1) is 59.5. The molecule has 0 aliphatic carbocycles. The number of hydrogen-bond acceptors (Lipinski definition) is 5. The van der Waals surface area contributed by atoms with Gasteiger partial charge in [-0.1, -0.05) is 233 Å². The molecule has 358 valence electrons. The van der Waals surface area contributed by atoms with E-state index in [0.29, 0.717) is 19.3 Å². The molecule has 0 aromatic rings. The first-order valence-corrected chi connectivity index (χ1v) is 25.7. The first-order valence-electron chi connectivity index (χ1n) is 25.7. The van der Waals surface area contributed by atoms with E-state index in [1.165, 1.54) is 70.6 Å². The summed E-state index contributed by atoms with van der Waals surface area (Å²) >= 11 is 0. The molecule has 3 unspecified atom stereocenters. The van der Waals surface area contributed by atoms with Crippen molar-refractivity contribution < 1.29 is 24.5 Å². The van der Waals surface area contributed by atoms with Gasteiger partial charge in [-0.2, -0.15) is 0 Å². The van der Waals surface area contributed by atoms with Gasteiger partial charge in [-0.05, 0) is 70.6 Å². The van der Waals surface area contributed by atoms with Crippen LogP contribution in [0.2, 0.25) is 0 Å². The lowest BCUT2D eigenvalue weighted by Gasteiger charge is -2.24. The number of carbonyl (C=O) groups excluding carboxylic acids is 2. The number of ether oxygens (including phenoxy) is 1. The molecule has 6 heteroatoms. The van der Waals surface area contributed by atoms with Crippen LogP contribution in [-0.4, -0.2) is 46.9 Å². The minimum absolute atomic E-state index is 0.0170. The van der Waals surface area contributed by atoms with Gasteiger partial charge in [-0.3, -0.25) is 9.59 Å². The molecule has 3 atom stereocenters. The summed E-state index contributed by atoms with van der Waals surface area (Å²) < 4.78 is 5.86. The molecular formula is C57H95NO5. The van der Waals surface area contributed by atoms with E-state index in [-0.39, 0.29) is 24.9 Å². The molecule has 0 aromatic heterocycles. The molecular weight excluding hydrogens is 779 g/mol. The predicted molar refractivity (Wildman–Crippen MR) is 273 cm³/mol. The van der Waals surface area contributed by atoms with Crippen LogP contribution in [0.5, 0.6) is 0 Å². The Morgan fingerprint density at radius 2 is 0.937 bits per heavy atom. The van der Waals surface area contributed by atoms with Crippen LogP contribution in [0.25, 0.3) is 0 Å². The summed E-state index contributed by atoms with van der Waals surface area (Å²) in [5.74, 6) is -0.616. The molecule has 0 saturated heterocycles. The number of esters is 1. The second kappa shape index (κ2) is 49.5. The van der Waals surface area contributed by atoms with E-state index in [0.717, 1.165) is 96.3 Å². The van der Waals surface area contributed by atoms with Crippen molar-refractivity contribution in [2.45, 2.75) is 232 Å². The van der Waals surface area contributed by atoms with E-state index in [4.69, 9.17) is 4.74 Å². The van der Waals surface area contributed by atoms with E-state index < -0.39 is 18.2 Å². The number of nitrogens with one attached hydrogen (secondary N) is 1. The molecule has 0 saturated carbocycles. The molecule has 0 fully saturated rings. The minimum Gasteiger partial charge on any atom is -0.461 e. The van der Waals surface area contributed by atoms with Crippen LogP contribution in [0.4, 0.5) is 0 Å². The van der Waals surface area contributed by atoms with Crippen molar-refractivity contribution in [1.82, 2.24) is 5.32 Å². The van der Waals surface area contributed by atoms with Crippen molar-refractivity contribution in [3.8, 4) is 0 Å². The Balaban J connectivity index is 4.79. The highest BCUT2D eigenvalue weighted by molar-refractivity contribution is 5.77. The largest absolute Gasteiger partial charge is 0.461 e. The van der Waals surface area contributed by atoms with E-state index in [9.17, 15) is 19.8 Å². The zero-order valence-corrected chi connectivity index (χ0v) is 40.7. The van der Waals surface area contributed by atoms with Gasteiger partial charge >= 0.3 is 5.97 Å². The van der Waals surface area contributed by atoms with Crippen LogP contribution in [0.15, 0.2) is 109 Å². The maximum absolute atomic E-state index is 13.2. The zero-order valence-electron chi connectivity index (χ0n) is 40.7. The number of hydrogen-bond donors (Lipinski definition) is 3. The number of aliphatic hydroxyl groups excluding tert-OH is 2. The normalized spacial score (nSPS) is 14.2. The molecule has 0 heterocycles. The van der Waals surface area contributed by atoms with Crippen LogP contribution in [-0.2, 0) is 14.3 Å². The molecule has 0 aromatic carbocycles. The van der Waals surface area contributed by atoms with Crippen LogP contribution < -0.4 is 5.32 Å². The fraction of sp³-hybridized carbons (Fsp3) is 0.649. The van der Waals surface area contributed by atoms with E-state index >= 15 is 0 Å². The summed E-state index contributed by atoms with van der Waals surface area (Å²) in [6, 6.07) is -0.743. The standard InChI is InChI=1S/C57H95NO5/c1-4-7-10-13-16-19-22-24-26-27-28-30-32-35-38-41-44-47-50-57(62)63-53(48-45-42-39-36-34-31-29-25-23-20-17-14-11-8-5-2)51-56(61)58-54(52-59)55(60)49-46-43-40-37-33-21-18-15-12-9-6-3/h8,11,16-17,19-20,22,24-30,34,36,42,45,53-55,59-60H,4-7,9-10,12-15,18,21,23,31-33,35,37-41,43-44,46-52H2,1-3H3,(H,58,61)/b11-8-,19-16+,20-17-,24-22+,27-26+,29-25-,30-28+,36-34-,45-42-. The van der Waals surface area contributed by atoms with Crippen molar-refractivity contribution >= 4 is 11.9 Å². The SMILES string of the molecule is CC/C=C\C/C=C\C/C=C\C/C=C\C/C=C\CC(CC(=O)NC(CO)C(O)CCCCCCCCCCCCC)OC(=O)CCCCCCC/C=C/C=C/C=C/C=C/CCCCC. The van der Waals surface area contributed by atoms with E-state index in [1.54, 1.807) is 0 Å². The monoisotopic (exact) mass is 874 g/mol. The molecule has 0 rings (SSSR count). The highest BCUT2D eigenvalue weighted by atomic mass is 16.5. The average molecular weight is 874 g/mol. The summed E-state index contributed by atoms with van der Waals surface area (Å²) in [5, 5.41) is 23.7. The molecule has 0 spiro atoms. The van der Waals surface area contributed by atoms with Gasteiger partial charge in [0, 0.05) is 12.8 Å². The van der Waals surface area contributed by atoms with Gasteiger partial charge in [0.15, 0.2) is 0 Å². The number of amides is 1. The Hall–Kier alpha value is -3.48. The minimum atomic E-state index is -0.822. The molecule has 3 N–H and O–H groups in total. The Kier molecular flexibility index (Phi) is 46.8. The summed E-state index contributed by atoms with van der Waals surface area (Å²) in [6.45, 7) is 6.28. The Bertz CT molecular complexity index is 1300. The van der Waals surface area contributed by atoms with Gasteiger partial charge in [-0.15, -0.1) is 0 Å². The lowest BCUT2D eigenvalue weighted by molar-refractivity contribution is -0.150. The second-order valence-corrected chi connectivity index (χ2v) is 16.9. The van der Waals surface area contributed by atoms with Crippen LogP contribution in [0.3, 0.4) is 0 Å². The average Bonchev–Trinajstić information content (AvgIpc) is 3.28. The van der Waals surface area contributed by atoms with Crippen molar-refractivity contribution in [2.75, 3.05) is 6.61 Å². The smallest absolute Gasteiger partial charge is 0.306 e. The predicted octanol–water partition coefficient (Wildman–Crippen LogP) is 15.5. The highest BCUT2D eigenvalue weighted by Crippen LogP contribution is 2.15. The van der Waals surface area contributed by atoms with Crippen molar-refractivity contribution in [3.05, 3.63) is 109 Å². The quantitative estimate of drug-likeness (QED) is 0.0245. The Labute approximate surface area is 388 Å². The summed E-state index contributed by atoms with van der Waals surface area (Å²) in [4.78, 5) is 26.1. The topological polar surface area (TPSA) is 95.9 Å². The van der Waals surface area contributed by atoms with Gasteiger partial charge < -0.3 is 20.3 Å². The number of allylic oxidation sites excluding steroid dienone is 17. The van der Waals surface area contributed by atoms with Gasteiger partial charge in [0.2, 0.25) is 5.91 Å². The van der Waals surface area contributed by atoms with Gasteiger partial charge in [0.05, 0.1) is 25.2 Å². The molecule has 1 amide bonds.